The maximum Gasteiger partial charge on any atom is 0.191 e. The van der Waals surface area contributed by atoms with E-state index in [4.69, 9.17) is 9.47 Å². The molecule has 0 saturated heterocycles. The second kappa shape index (κ2) is 9.76. The highest BCUT2D eigenvalue weighted by Crippen LogP contribution is 2.28. The van der Waals surface area contributed by atoms with Gasteiger partial charge in [-0.25, -0.2) is 0 Å². The summed E-state index contributed by atoms with van der Waals surface area (Å²) in [5.74, 6) is 3.21. The Balaban J connectivity index is 0.00000242. The predicted octanol–water partition coefficient (Wildman–Crippen LogP) is 2.79. The Labute approximate surface area is 149 Å². The quantitative estimate of drug-likeness (QED) is 0.406. The van der Waals surface area contributed by atoms with Gasteiger partial charge >= 0.3 is 0 Å². The van der Waals surface area contributed by atoms with Crippen LogP contribution in [0.2, 0.25) is 0 Å². The van der Waals surface area contributed by atoms with Crippen molar-refractivity contribution in [1.29, 1.82) is 0 Å². The van der Waals surface area contributed by atoms with E-state index in [1.165, 1.54) is 12.8 Å². The number of hydrogen-bond acceptors (Lipinski definition) is 3. The normalized spacial score (nSPS) is 14.0. The van der Waals surface area contributed by atoms with Gasteiger partial charge in [-0.05, 0) is 43.4 Å². The average Bonchev–Trinajstić information content (AvgIpc) is 3.32. The van der Waals surface area contributed by atoms with Crippen LogP contribution in [0.1, 0.15) is 25.3 Å². The van der Waals surface area contributed by atoms with Crippen molar-refractivity contribution < 1.29 is 9.47 Å². The van der Waals surface area contributed by atoms with Crippen molar-refractivity contribution in [3.8, 4) is 11.5 Å². The molecule has 0 amide bonds. The van der Waals surface area contributed by atoms with Crippen LogP contribution < -0.4 is 20.1 Å². The zero-order chi connectivity index (χ0) is 15.1. The molecule has 0 unspecified atom stereocenters. The van der Waals surface area contributed by atoms with E-state index in [0.717, 1.165) is 35.5 Å². The minimum absolute atomic E-state index is 0. The molecular weight excluding hydrogens is 393 g/mol. The zero-order valence-electron chi connectivity index (χ0n) is 13.5. The van der Waals surface area contributed by atoms with Gasteiger partial charge in [-0.15, -0.1) is 24.0 Å². The standard InChI is InChI=1S/C16H25N3O2.HI/c1-4-21-15-9-13(7-8-14(15)20-3)11-19-16(17-2)18-10-12-5-6-12;/h7-9,12H,4-6,10-11H2,1-3H3,(H2,17,18,19);1H. The van der Waals surface area contributed by atoms with Crippen LogP contribution in [0.5, 0.6) is 11.5 Å². The molecule has 0 atom stereocenters. The molecule has 1 aromatic rings. The van der Waals surface area contributed by atoms with Crippen LogP contribution in [-0.4, -0.2) is 33.3 Å². The van der Waals surface area contributed by atoms with Crippen molar-refractivity contribution in [3.63, 3.8) is 0 Å². The van der Waals surface area contributed by atoms with Crippen molar-refractivity contribution in [2.24, 2.45) is 10.9 Å². The van der Waals surface area contributed by atoms with Crippen molar-refractivity contribution >= 4 is 29.9 Å². The van der Waals surface area contributed by atoms with Crippen molar-refractivity contribution in [2.75, 3.05) is 27.3 Å². The molecule has 22 heavy (non-hydrogen) atoms. The Bertz CT molecular complexity index is 490. The van der Waals surface area contributed by atoms with Crippen LogP contribution >= 0.6 is 24.0 Å². The number of nitrogens with one attached hydrogen (secondary N) is 2. The second-order valence-electron chi connectivity index (χ2n) is 5.17. The molecule has 0 heterocycles. The van der Waals surface area contributed by atoms with E-state index in [1.807, 2.05) is 25.1 Å². The summed E-state index contributed by atoms with van der Waals surface area (Å²) in [6, 6.07) is 5.97. The van der Waals surface area contributed by atoms with Crippen LogP contribution in [0.25, 0.3) is 0 Å². The molecule has 0 bridgehead atoms. The van der Waals surface area contributed by atoms with Gasteiger partial charge < -0.3 is 20.1 Å². The summed E-state index contributed by atoms with van der Waals surface area (Å²) in [7, 11) is 3.45. The fourth-order valence-electron chi connectivity index (χ4n) is 2.07. The molecule has 1 aliphatic carbocycles. The molecule has 1 saturated carbocycles. The van der Waals surface area contributed by atoms with Crippen LogP contribution in [0, 0.1) is 5.92 Å². The lowest BCUT2D eigenvalue weighted by molar-refractivity contribution is 0.310. The summed E-state index contributed by atoms with van der Waals surface area (Å²) in [4.78, 5) is 4.23. The van der Waals surface area contributed by atoms with Gasteiger partial charge in [0, 0.05) is 20.1 Å². The number of rotatable bonds is 7. The Kier molecular flexibility index (Phi) is 8.37. The van der Waals surface area contributed by atoms with Crippen LogP contribution in [0.3, 0.4) is 0 Å². The first kappa shape index (κ1) is 18.9. The first-order valence-corrected chi connectivity index (χ1v) is 7.51. The molecule has 1 fully saturated rings. The van der Waals surface area contributed by atoms with Gasteiger partial charge in [0.25, 0.3) is 0 Å². The topological polar surface area (TPSA) is 54.9 Å². The van der Waals surface area contributed by atoms with Gasteiger partial charge in [0.15, 0.2) is 17.5 Å². The van der Waals surface area contributed by atoms with E-state index in [9.17, 15) is 0 Å². The summed E-state index contributed by atoms with van der Waals surface area (Å²) in [6.07, 6.45) is 2.67. The van der Waals surface area contributed by atoms with Crippen molar-refractivity contribution in [3.05, 3.63) is 23.8 Å². The second-order valence-corrected chi connectivity index (χ2v) is 5.17. The van der Waals surface area contributed by atoms with Crippen molar-refractivity contribution in [1.82, 2.24) is 10.6 Å². The summed E-state index contributed by atoms with van der Waals surface area (Å²) in [6.45, 7) is 4.30. The number of benzene rings is 1. The largest absolute Gasteiger partial charge is 0.493 e. The number of guanidine groups is 1. The van der Waals surface area contributed by atoms with Crippen LogP contribution in [-0.2, 0) is 6.54 Å². The van der Waals surface area contributed by atoms with Gasteiger partial charge in [-0.3, -0.25) is 4.99 Å². The van der Waals surface area contributed by atoms with E-state index < -0.39 is 0 Å². The summed E-state index contributed by atoms with van der Waals surface area (Å²) in [5, 5.41) is 6.67. The minimum Gasteiger partial charge on any atom is -0.493 e. The molecule has 5 nitrogen and oxygen atoms in total. The van der Waals surface area contributed by atoms with Gasteiger partial charge in [0.05, 0.1) is 13.7 Å². The van der Waals surface area contributed by atoms with E-state index in [0.29, 0.717) is 13.2 Å². The molecule has 1 aromatic carbocycles. The lowest BCUT2D eigenvalue weighted by Gasteiger charge is -2.14. The lowest BCUT2D eigenvalue weighted by atomic mass is 10.2. The smallest absolute Gasteiger partial charge is 0.191 e. The third-order valence-electron chi connectivity index (χ3n) is 3.47. The molecule has 0 aliphatic heterocycles. The predicted molar refractivity (Wildman–Crippen MR) is 101 cm³/mol. The Hall–Kier alpha value is -1.18. The third kappa shape index (κ3) is 5.90. The maximum absolute atomic E-state index is 5.59. The fourth-order valence-corrected chi connectivity index (χ4v) is 2.07. The minimum atomic E-state index is 0. The highest BCUT2D eigenvalue weighted by atomic mass is 127. The van der Waals surface area contributed by atoms with E-state index >= 15 is 0 Å². The monoisotopic (exact) mass is 419 g/mol. The number of halogens is 1. The number of methoxy groups -OCH3 is 1. The maximum atomic E-state index is 5.59. The Morgan fingerprint density at radius 2 is 2.05 bits per heavy atom. The summed E-state index contributed by atoms with van der Waals surface area (Å²) in [5.41, 5.74) is 1.13. The molecule has 2 N–H and O–H groups in total. The molecular formula is C16H26IN3O2. The molecule has 2 rings (SSSR count). The SMILES string of the molecule is CCOc1cc(CNC(=NC)NCC2CC2)ccc1OC.I. The van der Waals surface area contributed by atoms with Gasteiger partial charge in [0.2, 0.25) is 0 Å². The third-order valence-corrected chi connectivity index (χ3v) is 3.47. The molecule has 6 heteroatoms. The Morgan fingerprint density at radius 1 is 1.27 bits per heavy atom. The average molecular weight is 419 g/mol. The van der Waals surface area contributed by atoms with Gasteiger partial charge in [-0.2, -0.15) is 0 Å². The lowest BCUT2D eigenvalue weighted by Crippen LogP contribution is -2.37. The number of hydrogen-bond donors (Lipinski definition) is 2. The molecule has 124 valence electrons. The fraction of sp³-hybridized carbons (Fsp3) is 0.562. The number of ether oxygens (including phenoxy) is 2. The van der Waals surface area contributed by atoms with Gasteiger partial charge in [0.1, 0.15) is 0 Å². The number of nitrogens with zero attached hydrogens (tertiary/aromatic N) is 1. The highest BCUT2D eigenvalue weighted by Gasteiger charge is 2.21. The van der Waals surface area contributed by atoms with E-state index in [1.54, 1.807) is 14.2 Å². The first-order chi connectivity index (χ1) is 10.3. The number of aliphatic imine (C=N–C) groups is 1. The Morgan fingerprint density at radius 3 is 2.64 bits per heavy atom. The molecule has 0 radical (unpaired) electrons. The van der Waals surface area contributed by atoms with Crippen LogP contribution in [0.4, 0.5) is 0 Å². The zero-order valence-corrected chi connectivity index (χ0v) is 15.8. The van der Waals surface area contributed by atoms with Crippen LogP contribution in [0.15, 0.2) is 23.2 Å². The molecule has 1 aliphatic rings. The van der Waals surface area contributed by atoms with E-state index in [-0.39, 0.29) is 24.0 Å². The molecule has 0 spiro atoms. The van der Waals surface area contributed by atoms with Gasteiger partial charge in [-0.1, -0.05) is 6.07 Å². The highest BCUT2D eigenvalue weighted by molar-refractivity contribution is 14.0. The van der Waals surface area contributed by atoms with Crippen molar-refractivity contribution in [2.45, 2.75) is 26.3 Å². The molecule has 0 aromatic heterocycles. The van der Waals surface area contributed by atoms with E-state index in [2.05, 4.69) is 15.6 Å². The summed E-state index contributed by atoms with van der Waals surface area (Å²) >= 11 is 0. The summed E-state index contributed by atoms with van der Waals surface area (Å²) < 4.78 is 10.9. The first-order valence-electron chi connectivity index (χ1n) is 7.51.